The molecule has 1 atom stereocenters. The lowest BCUT2D eigenvalue weighted by molar-refractivity contribution is 0.340. The maximum atomic E-state index is 5.29. The summed E-state index contributed by atoms with van der Waals surface area (Å²) >= 11 is 0. The topological polar surface area (TPSA) is 60.2 Å². The third kappa shape index (κ3) is 3.32. The minimum Gasteiger partial charge on any atom is -0.497 e. The minimum absolute atomic E-state index is 0.0619. The molecule has 102 valence electrons. The van der Waals surface area contributed by atoms with E-state index in [0.717, 1.165) is 24.3 Å². The van der Waals surface area contributed by atoms with Crippen LogP contribution in [0.3, 0.4) is 0 Å². The van der Waals surface area contributed by atoms with Gasteiger partial charge in [0.25, 0.3) is 0 Å². The summed E-state index contributed by atoms with van der Waals surface area (Å²) < 4.78 is 10.5. The highest BCUT2D eigenvalue weighted by molar-refractivity contribution is 5.56. The molecule has 2 rings (SSSR count). The lowest BCUT2D eigenvalue weighted by Gasteiger charge is -2.06. The van der Waals surface area contributed by atoms with E-state index in [2.05, 4.69) is 22.4 Å². The summed E-state index contributed by atoms with van der Waals surface area (Å²) in [7, 11) is 1.64. The van der Waals surface area contributed by atoms with Gasteiger partial charge in [0.15, 0.2) is 0 Å². The highest BCUT2D eigenvalue weighted by Crippen LogP contribution is 2.22. The van der Waals surface area contributed by atoms with E-state index in [0.29, 0.717) is 11.7 Å². The molecule has 0 aliphatic heterocycles. The first kappa shape index (κ1) is 13.5. The SMILES string of the molecule is CCCNC(C)c1nc(-c2cccc(OC)c2)no1. The second-order valence-corrected chi connectivity index (χ2v) is 4.36. The van der Waals surface area contributed by atoms with Crippen molar-refractivity contribution in [3.05, 3.63) is 30.2 Å². The second-order valence-electron chi connectivity index (χ2n) is 4.36. The normalized spacial score (nSPS) is 12.4. The Morgan fingerprint density at radius 1 is 1.42 bits per heavy atom. The zero-order chi connectivity index (χ0) is 13.7. The fourth-order valence-corrected chi connectivity index (χ4v) is 1.74. The number of aromatic nitrogens is 2. The second kappa shape index (κ2) is 6.33. The Balaban J connectivity index is 2.15. The van der Waals surface area contributed by atoms with Crippen LogP contribution in [-0.4, -0.2) is 23.8 Å². The highest BCUT2D eigenvalue weighted by atomic mass is 16.5. The van der Waals surface area contributed by atoms with Crippen molar-refractivity contribution in [2.24, 2.45) is 0 Å². The van der Waals surface area contributed by atoms with Crippen LogP contribution in [0, 0.1) is 0 Å². The first-order chi connectivity index (χ1) is 9.24. The number of nitrogens with one attached hydrogen (secondary N) is 1. The molecule has 0 saturated carbocycles. The number of rotatable bonds is 6. The Hall–Kier alpha value is -1.88. The summed E-state index contributed by atoms with van der Waals surface area (Å²) in [4.78, 5) is 4.41. The molecule has 0 saturated heterocycles. The molecule has 5 heteroatoms. The first-order valence-corrected chi connectivity index (χ1v) is 6.46. The summed E-state index contributed by atoms with van der Waals surface area (Å²) in [5, 5.41) is 7.32. The summed E-state index contributed by atoms with van der Waals surface area (Å²) in [6.07, 6.45) is 1.07. The third-order valence-electron chi connectivity index (χ3n) is 2.84. The van der Waals surface area contributed by atoms with Gasteiger partial charge >= 0.3 is 0 Å². The molecule has 1 aromatic heterocycles. The van der Waals surface area contributed by atoms with E-state index in [4.69, 9.17) is 9.26 Å². The van der Waals surface area contributed by atoms with Gasteiger partial charge in [-0.3, -0.25) is 0 Å². The van der Waals surface area contributed by atoms with Crippen LogP contribution >= 0.6 is 0 Å². The lowest BCUT2D eigenvalue weighted by atomic mass is 10.2. The van der Waals surface area contributed by atoms with Crippen LogP contribution in [0.2, 0.25) is 0 Å². The van der Waals surface area contributed by atoms with E-state index in [1.54, 1.807) is 7.11 Å². The molecule has 0 amide bonds. The van der Waals surface area contributed by atoms with Crippen molar-refractivity contribution in [3.63, 3.8) is 0 Å². The molecule has 1 aromatic carbocycles. The van der Waals surface area contributed by atoms with Crippen LogP contribution in [-0.2, 0) is 0 Å². The molecular formula is C14H19N3O2. The number of hydrogen-bond donors (Lipinski definition) is 1. The first-order valence-electron chi connectivity index (χ1n) is 6.46. The molecular weight excluding hydrogens is 242 g/mol. The van der Waals surface area contributed by atoms with E-state index in [1.165, 1.54) is 0 Å². The monoisotopic (exact) mass is 261 g/mol. The van der Waals surface area contributed by atoms with Crippen LogP contribution in [0.15, 0.2) is 28.8 Å². The van der Waals surface area contributed by atoms with Crippen molar-refractivity contribution in [1.82, 2.24) is 15.5 Å². The third-order valence-corrected chi connectivity index (χ3v) is 2.84. The van der Waals surface area contributed by atoms with E-state index in [-0.39, 0.29) is 6.04 Å². The molecule has 2 aromatic rings. The van der Waals surface area contributed by atoms with E-state index in [1.807, 2.05) is 31.2 Å². The van der Waals surface area contributed by atoms with Gasteiger partial charge in [-0.05, 0) is 32.0 Å². The van der Waals surface area contributed by atoms with Crippen molar-refractivity contribution < 1.29 is 9.26 Å². The fraction of sp³-hybridized carbons (Fsp3) is 0.429. The van der Waals surface area contributed by atoms with Crippen LogP contribution < -0.4 is 10.1 Å². The van der Waals surface area contributed by atoms with Gasteiger partial charge in [0.1, 0.15) is 5.75 Å². The van der Waals surface area contributed by atoms with Gasteiger partial charge in [-0.25, -0.2) is 0 Å². The number of benzene rings is 1. The Labute approximate surface area is 113 Å². The predicted octanol–water partition coefficient (Wildman–Crippen LogP) is 2.81. The molecule has 0 aliphatic rings. The number of methoxy groups -OCH3 is 1. The largest absolute Gasteiger partial charge is 0.497 e. The zero-order valence-corrected chi connectivity index (χ0v) is 11.5. The molecule has 5 nitrogen and oxygen atoms in total. The summed E-state index contributed by atoms with van der Waals surface area (Å²) in [5.41, 5.74) is 0.886. The van der Waals surface area contributed by atoms with Crippen LogP contribution in [0.1, 0.15) is 32.2 Å². The Morgan fingerprint density at radius 3 is 3.00 bits per heavy atom. The van der Waals surface area contributed by atoms with Crippen molar-refractivity contribution in [2.75, 3.05) is 13.7 Å². The average Bonchev–Trinajstić information content (AvgIpc) is 2.94. The van der Waals surface area contributed by atoms with E-state index in [9.17, 15) is 0 Å². The molecule has 1 N–H and O–H groups in total. The zero-order valence-electron chi connectivity index (χ0n) is 11.5. The maximum absolute atomic E-state index is 5.29. The van der Waals surface area contributed by atoms with Crippen LogP contribution in [0.4, 0.5) is 0 Å². The molecule has 0 bridgehead atoms. The van der Waals surface area contributed by atoms with Crippen molar-refractivity contribution >= 4 is 0 Å². The van der Waals surface area contributed by atoms with Crippen LogP contribution in [0.25, 0.3) is 11.4 Å². The Kier molecular flexibility index (Phi) is 4.52. The smallest absolute Gasteiger partial charge is 0.243 e. The molecule has 1 heterocycles. The highest BCUT2D eigenvalue weighted by Gasteiger charge is 2.14. The molecule has 0 spiro atoms. The van der Waals surface area contributed by atoms with Crippen LogP contribution in [0.5, 0.6) is 5.75 Å². The number of ether oxygens (including phenoxy) is 1. The standard InChI is InChI=1S/C14H19N3O2/c1-4-8-15-10(2)14-16-13(17-19-14)11-6-5-7-12(9-11)18-3/h5-7,9-10,15H,4,8H2,1-3H3. The van der Waals surface area contributed by atoms with Gasteiger partial charge in [0.05, 0.1) is 13.2 Å². The summed E-state index contributed by atoms with van der Waals surface area (Å²) in [5.74, 6) is 1.96. The van der Waals surface area contributed by atoms with E-state index < -0.39 is 0 Å². The quantitative estimate of drug-likeness (QED) is 0.866. The van der Waals surface area contributed by atoms with Gasteiger partial charge in [0.2, 0.25) is 11.7 Å². The molecule has 19 heavy (non-hydrogen) atoms. The lowest BCUT2D eigenvalue weighted by Crippen LogP contribution is -2.19. The Bertz CT molecular complexity index is 525. The summed E-state index contributed by atoms with van der Waals surface area (Å²) in [6, 6.07) is 7.67. The van der Waals surface area contributed by atoms with Gasteiger partial charge in [-0.1, -0.05) is 24.2 Å². The minimum atomic E-state index is 0.0619. The van der Waals surface area contributed by atoms with Gasteiger partial charge in [-0.15, -0.1) is 0 Å². The molecule has 0 aliphatic carbocycles. The predicted molar refractivity (Wildman–Crippen MR) is 73.0 cm³/mol. The maximum Gasteiger partial charge on any atom is 0.243 e. The molecule has 1 unspecified atom stereocenters. The van der Waals surface area contributed by atoms with Crippen molar-refractivity contribution in [3.8, 4) is 17.1 Å². The Morgan fingerprint density at radius 2 is 2.26 bits per heavy atom. The fourth-order valence-electron chi connectivity index (χ4n) is 1.74. The van der Waals surface area contributed by atoms with Crippen molar-refractivity contribution in [1.29, 1.82) is 0 Å². The molecule has 0 radical (unpaired) electrons. The van der Waals surface area contributed by atoms with Crippen molar-refractivity contribution in [2.45, 2.75) is 26.3 Å². The number of nitrogens with zero attached hydrogens (tertiary/aromatic N) is 2. The van der Waals surface area contributed by atoms with Gasteiger partial charge in [-0.2, -0.15) is 4.98 Å². The van der Waals surface area contributed by atoms with E-state index >= 15 is 0 Å². The number of hydrogen-bond acceptors (Lipinski definition) is 5. The van der Waals surface area contributed by atoms with Gasteiger partial charge in [0, 0.05) is 5.56 Å². The molecule has 0 fully saturated rings. The van der Waals surface area contributed by atoms with Gasteiger partial charge < -0.3 is 14.6 Å². The average molecular weight is 261 g/mol. The summed E-state index contributed by atoms with van der Waals surface area (Å²) in [6.45, 7) is 5.06.